The monoisotopic (exact) mass is 327 g/mol. The molecule has 0 aliphatic heterocycles. The van der Waals surface area contributed by atoms with E-state index in [1.54, 1.807) is 0 Å². The van der Waals surface area contributed by atoms with Crippen molar-refractivity contribution in [2.75, 3.05) is 13.2 Å². The second kappa shape index (κ2) is 6.39. The predicted octanol–water partition coefficient (Wildman–Crippen LogP) is 2.25. The molecule has 1 fully saturated rings. The summed E-state index contributed by atoms with van der Waals surface area (Å²) in [5, 5.41) is 12.8. The summed E-state index contributed by atoms with van der Waals surface area (Å²) in [6, 6.07) is 7.53. The summed E-state index contributed by atoms with van der Waals surface area (Å²) in [7, 11) is 0. The van der Waals surface area contributed by atoms with E-state index in [9.17, 15) is 9.90 Å². The van der Waals surface area contributed by atoms with Gasteiger partial charge in [-0.15, -0.1) is 0 Å². The zero-order valence-corrected chi connectivity index (χ0v) is 12.3. The van der Waals surface area contributed by atoms with Crippen LogP contribution in [-0.2, 0) is 4.79 Å². The summed E-state index contributed by atoms with van der Waals surface area (Å²) in [5.41, 5.74) is -1.16. The van der Waals surface area contributed by atoms with Gasteiger partial charge in [0.15, 0.2) is 0 Å². The van der Waals surface area contributed by atoms with E-state index >= 15 is 0 Å². The molecule has 5 heteroatoms. The van der Waals surface area contributed by atoms with E-state index in [2.05, 4.69) is 21.2 Å². The second-order valence-electron chi connectivity index (χ2n) is 4.80. The number of rotatable bonds is 5. The average Bonchev–Trinajstić information content (AvgIpc) is 2.83. The summed E-state index contributed by atoms with van der Waals surface area (Å²) < 4.78 is 6.46. The SMILES string of the molecule is O=C(NCCOc1cccc(Br)c1)C1(O)CCCC1. The Morgan fingerprint density at radius 2 is 2.16 bits per heavy atom. The van der Waals surface area contributed by atoms with Gasteiger partial charge >= 0.3 is 0 Å². The standard InChI is InChI=1S/C14H18BrNO3/c15-11-4-3-5-12(10-11)19-9-8-16-13(17)14(18)6-1-2-7-14/h3-5,10,18H,1-2,6-9H2,(H,16,17). The van der Waals surface area contributed by atoms with Crippen LogP contribution in [0.15, 0.2) is 28.7 Å². The van der Waals surface area contributed by atoms with Gasteiger partial charge in [0.05, 0.1) is 6.54 Å². The molecule has 2 N–H and O–H groups in total. The highest BCUT2D eigenvalue weighted by Crippen LogP contribution is 2.29. The van der Waals surface area contributed by atoms with Gasteiger partial charge in [-0.3, -0.25) is 4.79 Å². The summed E-state index contributed by atoms with van der Waals surface area (Å²) >= 11 is 3.36. The van der Waals surface area contributed by atoms with Gasteiger partial charge < -0.3 is 15.2 Å². The lowest BCUT2D eigenvalue weighted by Crippen LogP contribution is -2.45. The molecule has 1 aromatic carbocycles. The van der Waals surface area contributed by atoms with E-state index in [0.717, 1.165) is 23.1 Å². The quantitative estimate of drug-likeness (QED) is 0.815. The molecule has 0 bridgehead atoms. The zero-order chi connectivity index (χ0) is 13.7. The minimum atomic E-state index is -1.16. The van der Waals surface area contributed by atoms with Crippen LogP contribution in [0.25, 0.3) is 0 Å². The first-order valence-electron chi connectivity index (χ1n) is 6.49. The van der Waals surface area contributed by atoms with Crippen LogP contribution < -0.4 is 10.1 Å². The maximum Gasteiger partial charge on any atom is 0.252 e. The number of carbonyl (C=O) groups is 1. The lowest BCUT2D eigenvalue weighted by atomic mass is 10.0. The fourth-order valence-electron chi connectivity index (χ4n) is 2.24. The van der Waals surface area contributed by atoms with Gasteiger partial charge in [0, 0.05) is 4.47 Å². The van der Waals surface area contributed by atoms with Gasteiger partial charge in [-0.05, 0) is 43.9 Å². The van der Waals surface area contributed by atoms with Crippen LogP contribution in [0, 0.1) is 0 Å². The van der Waals surface area contributed by atoms with Crippen molar-refractivity contribution in [3.8, 4) is 5.75 Å². The molecule has 104 valence electrons. The van der Waals surface area contributed by atoms with Crippen LogP contribution in [0.2, 0.25) is 0 Å². The minimum absolute atomic E-state index is 0.275. The first-order valence-corrected chi connectivity index (χ1v) is 7.28. The van der Waals surface area contributed by atoms with Crippen molar-refractivity contribution in [3.05, 3.63) is 28.7 Å². The first-order chi connectivity index (χ1) is 9.10. The summed E-state index contributed by atoms with van der Waals surface area (Å²) in [6.07, 6.45) is 2.95. The minimum Gasteiger partial charge on any atom is -0.492 e. The third kappa shape index (κ3) is 3.94. The van der Waals surface area contributed by atoms with E-state index in [4.69, 9.17) is 4.74 Å². The Morgan fingerprint density at radius 3 is 2.84 bits per heavy atom. The van der Waals surface area contributed by atoms with Crippen molar-refractivity contribution in [2.45, 2.75) is 31.3 Å². The van der Waals surface area contributed by atoms with Gasteiger partial charge in [0.25, 0.3) is 5.91 Å². The highest BCUT2D eigenvalue weighted by Gasteiger charge is 2.38. The Kier molecular flexibility index (Phi) is 4.82. The molecule has 0 unspecified atom stereocenters. The number of amides is 1. The molecule has 1 amide bonds. The van der Waals surface area contributed by atoms with E-state index in [1.807, 2.05) is 24.3 Å². The van der Waals surface area contributed by atoms with Crippen LogP contribution in [0.3, 0.4) is 0 Å². The van der Waals surface area contributed by atoms with Gasteiger partial charge in [-0.2, -0.15) is 0 Å². The van der Waals surface area contributed by atoms with Gasteiger partial charge in [-0.25, -0.2) is 0 Å². The molecule has 1 aromatic rings. The number of carbonyl (C=O) groups excluding carboxylic acids is 1. The molecule has 0 spiro atoms. The Morgan fingerprint density at radius 1 is 1.42 bits per heavy atom. The molecule has 0 saturated heterocycles. The van der Waals surface area contributed by atoms with Crippen molar-refractivity contribution in [3.63, 3.8) is 0 Å². The number of aliphatic hydroxyl groups is 1. The van der Waals surface area contributed by atoms with Crippen LogP contribution in [0.5, 0.6) is 5.75 Å². The normalized spacial score (nSPS) is 17.2. The van der Waals surface area contributed by atoms with Crippen molar-refractivity contribution >= 4 is 21.8 Å². The van der Waals surface area contributed by atoms with E-state index in [-0.39, 0.29) is 5.91 Å². The number of nitrogens with one attached hydrogen (secondary N) is 1. The molecule has 19 heavy (non-hydrogen) atoms. The van der Waals surface area contributed by atoms with Crippen molar-refractivity contribution in [2.24, 2.45) is 0 Å². The van der Waals surface area contributed by atoms with Crippen molar-refractivity contribution < 1.29 is 14.6 Å². The highest BCUT2D eigenvalue weighted by atomic mass is 79.9. The number of hydrogen-bond donors (Lipinski definition) is 2. The summed E-state index contributed by atoms with van der Waals surface area (Å²) in [6.45, 7) is 0.784. The topological polar surface area (TPSA) is 58.6 Å². The molecule has 1 aliphatic rings. The molecule has 0 atom stereocenters. The fourth-order valence-corrected chi connectivity index (χ4v) is 2.62. The molecule has 0 radical (unpaired) electrons. The van der Waals surface area contributed by atoms with Crippen LogP contribution in [-0.4, -0.2) is 29.8 Å². The largest absolute Gasteiger partial charge is 0.492 e. The van der Waals surface area contributed by atoms with Gasteiger partial charge in [0.1, 0.15) is 18.0 Å². The van der Waals surface area contributed by atoms with Crippen molar-refractivity contribution in [1.82, 2.24) is 5.32 Å². The lowest BCUT2D eigenvalue weighted by molar-refractivity contribution is -0.139. The fraction of sp³-hybridized carbons (Fsp3) is 0.500. The maximum absolute atomic E-state index is 11.8. The first kappa shape index (κ1) is 14.3. The van der Waals surface area contributed by atoms with E-state index in [1.165, 1.54) is 0 Å². The molecule has 0 aromatic heterocycles. The van der Waals surface area contributed by atoms with E-state index in [0.29, 0.717) is 26.0 Å². The smallest absolute Gasteiger partial charge is 0.252 e. The Labute approximate surface area is 121 Å². The third-order valence-corrected chi connectivity index (χ3v) is 3.80. The molecule has 1 saturated carbocycles. The molecule has 4 nitrogen and oxygen atoms in total. The number of halogens is 1. The molecule has 0 heterocycles. The number of benzene rings is 1. The van der Waals surface area contributed by atoms with Gasteiger partial charge in [-0.1, -0.05) is 22.0 Å². The van der Waals surface area contributed by atoms with E-state index < -0.39 is 5.60 Å². The van der Waals surface area contributed by atoms with Gasteiger partial charge in [0.2, 0.25) is 0 Å². The van der Waals surface area contributed by atoms with Crippen LogP contribution >= 0.6 is 15.9 Å². The average molecular weight is 328 g/mol. The lowest BCUT2D eigenvalue weighted by Gasteiger charge is -2.20. The highest BCUT2D eigenvalue weighted by molar-refractivity contribution is 9.10. The second-order valence-corrected chi connectivity index (χ2v) is 5.72. The Hall–Kier alpha value is -1.07. The predicted molar refractivity (Wildman–Crippen MR) is 76.1 cm³/mol. The Bertz CT molecular complexity index is 444. The zero-order valence-electron chi connectivity index (χ0n) is 10.7. The summed E-state index contributed by atoms with van der Waals surface area (Å²) in [4.78, 5) is 11.8. The number of ether oxygens (including phenoxy) is 1. The molecular formula is C14H18BrNO3. The molecular weight excluding hydrogens is 310 g/mol. The maximum atomic E-state index is 11.8. The number of hydrogen-bond acceptors (Lipinski definition) is 3. The van der Waals surface area contributed by atoms with Crippen molar-refractivity contribution in [1.29, 1.82) is 0 Å². The molecule has 1 aliphatic carbocycles. The van der Waals surface area contributed by atoms with Crippen LogP contribution in [0.4, 0.5) is 0 Å². The summed E-state index contributed by atoms with van der Waals surface area (Å²) in [5.74, 6) is 0.478. The Balaban J connectivity index is 1.71. The van der Waals surface area contributed by atoms with Crippen LogP contribution in [0.1, 0.15) is 25.7 Å². The third-order valence-electron chi connectivity index (χ3n) is 3.31. The molecule has 2 rings (SSSR count).